The molecule has 0 aliphatic heterocycles. The van der Waals surface area contributed by atoms with E-state index in [1.165, 1.54) is 26.7 Å². The minimum absolute atomic E-state index is 0.365. The van der Waals surface area contributed by atoms with Crippen LogP contribution >= 0.6 is 0 Å². The Morgan fingerprint density at radius 1 is 1.15 bits per heavy atom. The van der Waals surface area contributed by atoms with Crippen molar-refractivity contribution in [1.82, 2.24) is 0 Å². The summed E-state index contributed by atoms with van der Waals surface area (Å²) in [6, 6.07) is 0. The van der Waals surface area contributed by atoms with E-state index in [2.05, 4.69) is 13.8 Å². The van der Waals surface area contributed by atoms with Gasteiger partial charge in [0.15, 0.2) is 5.79 Å². The Hall–Kier alpha value is -0.120. The van der Waals surface area contributed by atoms with Crippen LogP contribution in [-0.4, -0.2) is 27.7 Å². The molecule has 3 N–H and O–H groups in total. The van der Waals surface area contributed by atoms with E-state index in [9.17, 15) is 0 Å². The molecule has 0 saturated carbocycles. The minimum atomic E-state index is -1.50. The monoisotopic (exact) mass is 192 g/mol. The lowest BCUT2D eigenvalue weighted by molar-refractivity contribution is -0.127. The lowest BCUT2D eigenvalue weighted by Gasteiger charge is -2.07. The lowest BCUT2D eigenvalue weighted by atomic mass is 10.0. The third-order valence-electron chi connectivity index (χ3n) is 1.53. The van der Waals surface area contributed by atoms with Crippen molar-refractivity contribution in [2.24, 2.45) is 5.92 Å². The second kappa shape index (κ2) is 8.48. The van der Waals surface area contributed by atoms with E-state index in [4.69, 9.17) is 15.3 Å². The van der Waals surface area contributed by atoms with Crippen LogP contribution in [0, 0.1) is 5.92 Å². The maximum atomic E-state index is 8.66. The average Bonchev–Trinajstić information content (AvgIpc) is 1.97. The smallest absolute Gasteiger partial charge is 0.156 e. The van der Waals surface area contributed by atoms with E-state index in [1.54, 1.807) is 0 Å². The molecule has 0 aromatic heterocycles. The fourth-order valence-corrected chi connectivity index (χ4v) is 0.833. The van der Waals surface area contributed by atoms with Crippen molar-refractivity contribution in [3.8, 4) is 0 Å². The zero-order valence-corrected chi connectivity index (χ0v) is 9.25. The van der Waals surface area contributed by atoms with Crippen molar-refractivity contribution in [1.29, 1.82) is 0 Å². The highest BCUT2D eigenvalue weighted by Gasteiger charge is 2.00. The van der Waals surface area contributed by atoms with Crippen LogP contribution in [0.2, 0.25) is 0 Å². The summed E-state index contributed by atoms with van der Waals surface area (Å²) in [6.07, 6.45) is 3.48. The van der Waals surface area contributed by atoms with Gasteiger partial charge in [0.1, 0.15) is 0 Å². The van der Waals surface area contributed by atoms with Crippen LogP contribution in [-0.2, 0) is 0 Å². The molecule has 0 spiro atoms. The Bertz CT molecular complexity index is 86.8. The highest BCUT2D eigenvalue weighted by Crippen LogP contribution is 2.08. The number of hydrogen-bond acceptors (Lipinski definition) is 3. The molecule has 0 fully saturated rings. The lowest BCUT2D eigenvalue weighted by Crippen LogP contribution is -2.15. The maximum Gasteiger partial charge on any atom is 0.156 e. The van der Waals surface area contributed by atoms with Crippen molar-refractivity contribution in [3.05, 3.63) is 0 Å². The molecule has 0 aliphatic carbocycles. The van der Waals surface area contributed by atoms with Crippen molar-refractivity contribution in [2.75, 3.05) is 6.61 Å². The summed E-state index contributed by atoms with van der Waals surface area (Å²) in [5, 5.41) is 24.8. The van der Waals surface area contributed by atoms with E-state index >= 15 is 0 Å². The van der Waals surface area contributed by atoms with E-state index in [-0.39, 0.29) is 0 Å². The van der Waals surface area contributed by atoms with Gasteiger partial charge in [-0.15, -0.1) is 0 Å². The van der Waals surface area contributed by atoms with Gasteiger partial charge in [-0.2, -0.15) is 0 Å². The number of hydrogen-bond donors (Lipinski definition) is 3. The van der Waals surface area contributed by atoms with E-state index in [1.807, 2.05) is 0 Å². The summed E-state index contributed by atoms with van der Waals surface area (Å²) in [7, 11) is 0. The van der Waals surface area contributed by atoms with Crippen LogP contribution in [0.15, 0.2) is 0 Å². The van der Waals surface area contributed by atoms with Gasteiger partial charge in [-0.3, -0.25) is 0 Å². The van der Waals surface area contributed by atoms with Gasteiger partial charge in [0, 0.05) is 6.61 Å². The third kappa shape index (κ3) is 24.5. The second-order valence-corrected chi connectivity index (χ2v) is 3.74. The van der Waals surface area contributed by atoms with E-state index < -0.39 is 5.79 Å². The Balaban J connectivity index is 0. The molecule has 0 aliphatic rings. The van der Waals surface area contributed by atoms with Crippen molar-refractivity contribution >= 4 is 0 Å². The van der Waals surface area contributed by atoms with Gasteiger partial charge in [0.2, 0.25) is 0 Å². The Morgan fingerprint density at radius 3 is 1.62 bits per heavy atom. The molecule has 1 unspecified atom stereocenters. The molecule has 0 bridgehead atoms. The fraction of sp³-hybridized carbons (Fsp3) is 1.00. The summed E-state index contributed by atoms with van der Waals surface area (Å²) < 4.78 is 0. The van der Waals surface area contributed by atoms with Crippen molar-refractivity contribution in [2.45, 2.75) is 52.7 Å². The number of aliphatic hydroxyl groups is 3. The first-order chi connectivity index (χ1) is 5.85. The molecule has 0 aromatic carbocycles. The first-order valence-electron chi connectivity index (χ1n) is 4.90. The van der Waals surface area contributed by atoms with Gasteiger partial charge in [-0.25, -0.2) is 0 Å². The molecule has 0 rings (SSSR count). The highest BCUT2D eigenvalue weighted by atomic mass is 16.5. The molecular weight excluding hydrogens is 168 g/mol. The SMILES string of the molecule is CC(C)(O)O.CCCC(CC)CO. The van der Waals surface area contributed by atoms with Crippen molar-refractivity contribution in [3.63, 3.8) is 0 Å². The molecule has 0 amide bonds. The second-order valence-electron chi connectivity index (χ2n) is 3.74. The molecule has 1 atom stereocenters. The largest absolute Gasteiger partial charge is 0.396 e. The zero-order valence-electron chi connectivity index (χ0n) is 9.25. The van der Waals surface area contributed by atoms with Crippen LogP contribution in [0.5, 0.6) is 0 Å². The first kappa shape index (κ1) is 15.4. The molecule has 13 heavy (non-hydrogen) atoms. The summed E-state index contributed by atoms with van der Waals surface area (Å²) >= 11 is 0. The zero-order chi connectivity index (χ0) is 10.9. The molecule has 3 heteroatoms. The van der Waals surface area contributed by atoms with Crippen molar-refractivity contribution < 1.29 is 15.3 Å². The van der Waals surface area contributed by atoms with E-state index in [0.717, 1.165) is 6.42 Å². The minimum Gasteiger partial charge on any atom is -0.396 e. The van der Waals surface area contributed by atoms with Gasteiger partial charge < -0.3 is 15.3 Å². The normalized spacial score (nSPS) is 13.2. The maximum absolute atomic E-state index is 8.66. The summed E-state index contributed by atoms with van der Waals surface area (Å²) in [5.74, 6) is -0.944. The van der Waals surface area contributed by atoms with E-state index in [0.29, 0.717) is 12.5 Å². The topological polar surface area (TPSA) is 60.7 Å². The van der Waals surface area contributed by atoms with Gasteiger partial charge in [-0.05, 0) is 26.2 Å². The van der Waals surface area contributed by atoms with Crippen LogP contribution in [0.25, 0.3) is 0 Å². The van der Waals surface area contributed by atoms with Gasteiger partial charge >= 0.3 is 0 Å². The van der Waals surface area contributed by atoms with Gasteiger partial charge in [0.05, 0.1) is 0 Å². The third-order valence-corrected chi connectivity index (χ3v) is 1.53. The standard InChI is InChI=1S/C7H16O.C3H8O2/c1-3-5-7(4-2)6-8;1-3(2,4)5/h7-8H,3-6H2,1-2H3;4-5H,1-2H3. The molecule has 0 saturated heterocycles. The molecule has 0 heterocycles. The van der Waals surface area contributed by atoms with Gasteiger partial charge in [0.25, 0.3) is 0 Å². The van der Waals surface area contributed by atoms with Gasteiger partial charge in [-0.1, -0.05) is 26.7 Å². The predicted octanol–water partition coefficient (Wildman–Crippen LogP) is 1.51. The Kier molecular flexibility index (Phi) is 10.0. The van der Waals surface area contributed by atoms with Crippen LogP contribution < -0.4 is 0 Å². The number of rotatable bonds is 4. The molecule has 0 radical (unpaired) electrons. The highest BCUT2D eigenvalue weighted by molar-refractivity contribution is 4.51. The fourth-order valence-electron chi connectivity index (χ4n) is 0.833. The molecule has 0 aromatic rings. The summed E-state index contributed by atoms with van der Waals surface area (Å²) in [6.45, 7) is 7.24. The summed E-state index contributed by atoms with van der Waals surface area (Å²) in [4.78, 5) is 0. The van der Waals surface area contributed by atoms with Crippen LogP contribution in [0.1, 0.15) is 47.0 Å². The summed E-state index contributed by atoms with van der Waals surface area (Å²) in [5.41, 5.74) is 0. The Labute approximate surface area is 81.4 Å². The first-order valence-corrected chi connectivity index (χ1v) is 4.90. The average molecular weight is 192 g/mol. The predicted molar refractivity (Wildman–Crippen MR) is 54.3 cm³/mol. The number of aliphatic hydroxyl groups excluding tert-OH is 1. The molecular formula is C10H24O3. The van der Waals surface area contributed by atoms with Crippen LogP contribution in [0.4, 0.5) is 0 Å². The Morgan fingerprint density at radius 2 is 1.54 bits per heavy atom. The quantitative estimate of drug-likeness (QED) is 0.592. The van der Waals surface area contributed by atoms with Crippen LogP contribution in [0.3, 0.4) is 0 Å². The molecule has 3 nitrogen and oxygen atoms in total. The molecule has 82 valence electrons.